The number of primary amides is 1. The number of pyridine rings is 1. The number of H-pyrrole nitrogens is 1. The van der Waals surface area contributed by atoms with E-state index in [-0.39, 0.29) is 16.7 Å². The van der Waals surface area contributed by atoms with Gasteiger partial charge in [-0.3, -0.25) is 19.3 Å². The predicted octanol–water partition coefficient (Wildman–Crippen LogP) is 1.76. The molecule has 8 nitrogen and oxygen atoms in total. The number of nitrogens with two attached hydrogens (primary N) is 1. The first-order valence-electron chi connectivity index (χ1n) is 13.1. The number of aromatic amines is 1. The quantitative estimate of drug-likeness (QED) is 0.491. The van der Waals surface area contributed by atoms with Gasteiger partial charge in [0.25, 0.3) is 11.5 Å². The normalized spacial score (nSPS) is 29.4. The van der Waals surface area contributed by atoms with Gasteiger partial charge >= 0.3 is 0 Å². The number of nitrogens with one attached hydrogen (secondary N) is 2. The molecular formula is C28H34N4O4. The number of aromatic hydroxyl groups is 1. The van der Waals surface area contributed by atoms with E-state index in [0.29, 0.717) is 24.3 Å². The number of phenols is 1. The number of rotatable bonds is 6. The van der Waals surface area contributed by atoms with Gasteiger partial charge in [-0.15, -0.1) is 0 Å². The predicted molar refractivity (Wildman–Crippen MR) is 135 cm³/mol. The Labute approximate surface area is 210 Å². The van der Waals surface area contributed by atoms with Gasteiger partial charge in [0.15, 0.2) is 0 Å². The van der Waals surface area contributed by atoms with Gasteiger partial charge in [0.05, 0.1) is 0 Å². The molecule has 0 radical (unpaired) electrons. The van der Waals surface area contributed by atoms with Crippen LogP contribution in [0.15, 0.2) is 29.1 Å². The molecule has 190 valence electrons. The van der Waals surface area contributed by atoms with Crippen molar-refractivity contribution in [3.05, 3.63) is 62.6 Å². The Morgan fingerprint density at radius 2 is 2.08 bits per heavy atom. The van der Waals surface area contributed by atoms with Gasteiger partial charge in [-0.05, 0) is 98.6 Å². The highest BCUT2D eigenvalue weighted by molar-refractivity contribution is 5.97. The molecule has 1 aliphatic heterocycles. The number of carbonyl (C=O) groups is 2. The number of hydrogen-bond donors (Lipinski definition) is 4. The van der Waals surface area contributed by atoms with E-state index >= 15 is 0 Å². The van der Waals surface area contributed by atoms with Gasteiger partial charge in [0.1, 0.15) is 17.4 Å². The van der Waals surface area contributed by atoms with Crippen LogP contribution in [-0.2, 0) is 23.1 Å². The third-order valence-corrected chi connectivity index (χ3v) is 9.24. The zero-order valence-corrected chi connectivity index (χ0v) is 20.8. The standard InChI is InChI=1S/C28H34N4O4/c1-14-3-6-19(33)9-21(14)28-10-18-13-32(12-16-4-5-16)24(18)22(28)8-17-7-20(27(36)31-23(17)11-28)26(35)30-15(2)25(29)34/h3,6-7,9,15-16,18,22,24,33H,4-5,8,10-13H2,1-2H3,(H2,29,34)(H,30,35)(H,31,36). The molecule has 5 atom stereocenters. The molecule has 3 fully saturated rings. The molecule has 5 N–H and O–H groups in total. The largest absolute Gasteiger partial charge is 0.508 e. The van der Waals surface area contributed by atoms with E-state index in [1.54, 1.807) is 12.1 Å². The molecule has 1 saturated heterocycles. The molecule has 2 amide bonds. The minimum atomic E-state index is -0.865. The Kier molecular flexibility index (Phi) is 5.30. The number of hydrogen-bond acceptors (Lipinski definition) is 5. The average molecular weight is 491 g/mol. The lowest BCUT2D eigenvalue weighted by Gasteiger charge is -2.49. The maximum absolute atomic E-state index is 13.0. The highest BCUT2D eigenvalue weighted by atomic mass is 16.3. The maximum Gasteiger partial charge on any atom is 0.261 e. The molecule has 2 aromatic rings. The molecule has 36 heavy (non-hydrogen) atoms. The molecule has 3 aliphatic carbocycles. The first-order chi connectivity index (χ1) is 17.2. The molecule has 2 saturated carbocycles. The Morgan fingerprint density at radius 3 is 2.81 bits per heavy atom. The molecule has 0 spiro atoms. The summed E-state index contributed by atoms with van der Waals surface area (Å²) in [4.78, 5) is 42.9. The summed E-state index contributed by atoms with van der Waals surface area (Å²) >= 11 is 0. The van der Waals surface area contributed by atoms with Crippen molar-refractivity contribution in [1.82, 2.24) is 15.2 Å². The Hall–Kier alpha value is -3.13. The van der Waals surface area contributed by atoms with Crippen LogP contribution in [0.1, 0.15) is 58.9 Å². The van der Waals surface area contributed by atoms with Crippen molar-refractivity contribution in [3.63, 3.8) is 0 Å². The number of phenolic OH excluding ortho intramolecular Hbond substituents is 1. The average Bonchev–Trinajstić information content (AvgIpc) is 3.60. The van der Waals surface area contributed by atoms with Gasteiger partial charge in [-0.1, -0.05) is 6.07 Å². The molecule has 0 bridgehead atoms. The zero-order valence-electron chi connectivity index (χ0n) is 20.8. The van der Waals surface area contributed by atoms with E-state index in [0.717, 1.165) is 48.7 Å². The summed E-state index contributed by atoms with van der Waals surface area (Å²) in [6.45, 7) is 5.88. The van der Waals surface area contributed by atoms with Crippen LogP contribution in [0.25, 0.3) is 0 Å². The third kappa shape index (κ3) is 3.65. The smallest absolute Gasteiger partial charge is 0.261 e. The van der Waals surface area contributed by atoms with E-state index < -0.39 is 23.4 Å². The van der Waals surface area contributed by atoms with Crippen LogP contribution in [0.2, 0.25) is 0 Å². The van der Waals surface area contributed by atoms with E-state index in [1.165, 1.54) is 25.3 Å². The molecular weight excluding hydrogens is 456 g/mol. The van der Waals surface area contributed by atoms with Crippen molar-refractivity contribution in [1.29, 1.82) is 0 Å². The monoisotopic (exact) mass is 490 g/mol. The number of aromatic nitrogens is 1. The second-order valence-corrected chi connectivity index (χ2v) is 11.6. The lowest BCUT2D eigenvalue weighted by atomic mass is 9.62. The second kappa shape index (κ2) is 8.20. The molecule has 6 rings (SSSR count). The molecule has 4 aliphatic rings. The van der Waals surface area contributed by atoms with E-state index in [1.807, 2.05) is 12.1 Å². The molecule has 2 heterocycles. The number of likely N-dealkylation sites (tertiary alicyclic amines) is 1. The van der Waals surface area contributed by atoms with E-state index in [4.69, 9.17) is 5.73 Å². The molecule has 5 unspecified atom stereocenters. The SMILES string of the molecule is Cc1ccc(O)cc1C12Cc3[nH]c(=O)c(C(=O)NC(C)C(N)=O)cc3CC1C1C(CN1CC1CC1)C2. The summed E-state index contributed by atoms with van der Waals surface area (Å²) in [5.41, 5.74) is 8.87. The molecule has 1 aromatic carbocycles. The van der Waals surface area contributed by atoms with Gasteiger partial charge in [0.2, 0.25) is 5.91 Å². The Morgan fingerprint density at radius 1 is 1.31 bits per heavy atom. The van der Waals surface area contributed by atoms with Crippen molar-refractivity contribution < 1.29 is 14.7 Å². The summed E-state index contributed by atoms with van der Waals surface area (Å²) in [5, 5.41) is 12.9. The van der Waals surface area contributed by atoms with Crippen LogP contribution in [0.4, 0.5) is 0 Å². The third-order valence-electron chi connectivity index (χ3n) is 9.24. The fourth-order valence-corrected chi connectivity index (χ4v) is 7.32. The first-order valence-corrected chi connectivity index (χ1v) is 13.1. The number of aryl methyl sites for hydroxylation is 1. The summed E-state index contributed by atoms with van der Waals surface area (Å²) in [7, 11) is 0. The maximum atomic E-state index is 13.0. The Bertz CT molecular complexity index is 1320. The van der Waals surface area contributed by atoms with Crippen molar-refractivity contribution in [3.8, 4) is 5.75 Å². The minimum absolute atomic E-state index is 0.0147. The molecule has 8 heteroatoms. The highest BCUT2D eigenvalue weighted by Crippen LogP contribution is 2.60. The number of fused-ring (bicyclic) bond motifs is 4. The van der Waals surface area contributed by atoms with Crippen molar-refractivity contribution in [2.45, 2.75) is 63.5 Å². The van der Waals surface area contributed by atoms with Crippen LogP contribution in [0.5, 0.6) is 5.75 Å². The van der Waals surface area contributed by atoms with E-state index in [9.17, 15) is 19.5 Å². The van der Waals surface area contributed by atoms with Gasteiger partial charge in [-0.25, -0.2) is 0 Å². The van der Waals surface area contributed by atoms with Gasteiger partial charge in [-0.2, -0.15) is 0 Å². The van der Waals surface area contributed by atoms with Crippen molar-refractivity contribution in [2.75, 3.05) is 13.1 Å². The topological polar surface area (TPSA) is 129 Å². The fourth-order valence-electron chi connectivity index (χ4n) is 7.32. The van der Waals surface area contributed by atoms with Gasteiger partial charge < -0.3 is 21.1 Å². The number of nitrogens with zero attached hydrogens (tertiary/aromatic N) is 1. The number of amides is 2. The number of benzene rings is 1. The first kappa shape index (κ1) is 23.3. The summed E-state index contributed by atoms with van der Waals surface area (Å²) in [6, 6.07) is 6.98. The minimum Gasteiger partial charge on any atom is -0.508 e. The lowest BCUT2D eigenvalue weighted by molar-refractivity contribution is -0.119. The highest BCUT2D eigenvalue weighted by Gasteiger charge is 2.62. The lowest BCUT2D eigenvalue weighted by Crippen LogP contribution is -2.58. The summed E-state index contributed by atoms with van der Waals surface area (Å²) < 4.78 is 0. The van der Waals surface area contributed by atoms with E-state index in [2.05, 4.69) is 22.1 Å². The van der Waals surface area contributed by atoms with Crippen LogP contribution >= 0.6 is 0 Å². The van der Waals surface area contributed by atoms with Crippen molar-refractivity contribution in [2.24, 2.45) is 23.5 Å². The van der Waals surface area contributed by atoms with Crippen molar-refractivity contribution >= 4 is 11.8 Å². The van der Waals surface area contributed by atoms with Crippen LogP contribution in [0.3, 0.4) is 0 Å². The second-order valence-electron chi connectivity index (χ2n) is 11.6. The summed E-state index contributed by atoms with van der Waals surface area (Å²) in [5.74, 6) is 0.770. The van der Waals surface area contributed by atoms with Crippen LogP contribution < -0.4 is 16.6 Å². The van der Waals surface area contributed by atoms with Crippen LogP contribution in [-0.4, -0.2) is 52.0 Å². The van der Waals surface area contributed by atoms with Gasteiger partial charge in [0, 0.05) is 30.2 Å². The fraction of sp³-hybridized carbons (Fsp3) is 0.536. The molecule has 1 aromatic heterocycles. The Balaban J connectivity index is 1.40. The zero-order chi connectivity index (χ0) is 25.4. The van der Waals surface area contributed by atoms with Crippen LogP contribution in [0, 0.1) is 24.7 Å². The number of carbonyl (C=O) groups excluding carboxylic acids is 2. The summed E-state index contributed by atoms with van der Waals surface area (Å²) in [6.07, 6.45) is 5.11.